The van der Waals surface area contributed by atoms with Crippen molar-refractivity contribution in [1.29, 1.82) is 0 Å². The molecule has 0 saturated heterocycles. The minimum atomic E-state index is 0.776. The predicted octanol–water partition coefficient (Wildman–Crippen LogP) is 3.39. The van der Waals surface area contributed by atoms with Crippen molar-refractivity contribution in [3.63, 3.8) is 0 Å². The Hall–Kier alpha value is -0.900. The maximum absolute atomic E-state index is 6.06. The van der Waals surface area contributed by atoms with Gasteiger partial charge in [0.1, 0.15) is 5.01 Å². The highest BCUT2D eigenvalue weighted by molar-refractivity contribution is 7.09. The van der Waals surface area contributed by atoms with Crippen molar-refractivity contribution in [2.45, 2.75) is 20.0 Å². The van der Waals surface area contributed by atoms with E-state index in [2.05, 4.69) is 15.7 Å². The van der Waals surface area contributed by atoms with Gasteiger partial charge in [-0.05, 0) is 18.6 Å². The number of benzene rings is 1. The van der Waals surface area contributed by atoms with Crippen molar-refractivity contribution in [3.05, 3.63) is 50.9 Å². The monoisotopic (exact) mass is 252 g/mol. The highest BCUT2D eigenvalue weighted by atomic mass is 35.5. The molecule has 16 heavy (non-hydrogen) atoms. The molecule has 0 spiro atoms. The molecular weight excluding hydrogens is 240 g/mol. The van der Waals surface area contributed by atoms with Crippen LogP contribution in [-0.4, -0.2) is 4.98 Å². The van der Waals surface area contributed by atoms with Crippen LogP contribution in [0.4, 0.5) is 0 Å². The number of hydrogen-bond acceptors (Lipinski definition) is 3. The second kappa shape index (κ2) is 5.43. The molecule has 0 atom stereocenters. The number of thiazole rings is 1. The van der Waals surface area contributed by atoms with Crippen molar-refractivity contribution in [2.24, 2.45) is 0 Å². The highest BCUT2D eigenvalue weighted by Crippen LogP contribution is 2.15. The van der Waals surface area contributed by atoms with E-state index in [0.29, 0.717) is 0 Å². The molecule has 0 aliphatic rings. The third-order valence-corrected chi connectivity index (χ3v) is 3.55. The number of nitrogens with one attached hydrogen (secondary N) is 1. The largest absolute Gasteiger partial charge is 0.306 e. The summed E-state index contributed by atoms with van der Waals surface area (Å²) in [5, 5.41) is 7.32. The van der Waals surface area contributed by atoms with E-state index in [0.717, 1.165) is 34.4 Å². The Balaban J connectivity index is 1.87. The fourth-order valence-corrected chi connectivity index (χ4v) is 2.37. The number of aryl methyl sites for hydroxylation is 1. The van der Waals surface area contributed by atoms with Gasteiger partial charge in [-0.2, -0.15) is 0 Å². The number of hydrogen-bond donors (Lipinski definition) is 1. The molecule has 2 nitrogen and oxygen atoms in total. The zero-order valence-corrected chi connectivity index (χ0v) is 10.6. The molecule has 4 heteroatoms. The lowest BCUT2D eigenvalue weighted by Crippen LogP contribution is -2.12. The van der Waals surface area contributed by atoms with E-state index in [-0.39, 0.29) is 0 Å². The Morgan fingerprint density at radius 3 is 2.81 bits per heavy atom. The second-order valence-corrected chi connectivity index (χ2v) is 4.93. The zero-order chi connectivity index (χ0) is 11.4. The van der Waals surface area contributed by atoms with Gasteiger partial charge in [-0.25, -0.2) is 4.98 Å². The molecule has 0 amide bonds. The van der Waals surface area contributed by atoms with E-state index in [9.17, 15) is 0 Å². The van der Waals surface area contributed by atoms with Crippen LogP contribution in [0.2, 0.25) is 5.02 Å². The van der Waals surface area contributed by atoms with E-state index >= 15 is 0 Å². The molecule has 84 valence electrons. The maximum atomic E-state index is 6.06. The third kappa shape index (κ3) is 3.04. The fourth-order valence-electron chi connectivity index (χ4n) is 1.43. The number of halogens is 1. The summed E-state index contributed by atoms with van der Waals surface area (Å²) in [4.78, 5) is 4.39. The Bertz CT molecular complexity index is 468. The minimum Gasteiger partial charge on any atom is -0.306 e. The molecule has 2 aromatic rings. The second-order valence-electron chi connectivity index (χ2n) is 3.58. The molecular formula is C12H13ClN2S. The molecule has 1 N–H and O–H groups in total. The van der Waals surface area contributed by atoms with E-state index < -0.39 is 0 Å². The van der Waals surface area contributed by atoms with Gasteiger partial charge in [0.2, 0.25) is 0 Å². The molecule has 0 fully saturated rings. The summed E-state index contributed by atoms with van der Waals surface area (Å²) in [6, 6.07) is 7.88. The van der Waals surface area contributed by atoms with Crippen molar-refractivity contribution in [3.8, 4) is 0 Å². The highest BCUT2D eigenvalue weighted by Gasteiger charge is 2.00. The minimum absolute atomic E-state index is 0.776. The third-order valence-electron chi connectivity index (χ3n) is 2.22. The van der Waals surface area contributed by atoms with Crippen molar-refractivity contribution in [1.82, 2.24) is 10.3 Å². The summed E-state index contributed by atoms with van der Waals surface area (Å²) in [6.07, 6.45) is 0. The zero-order valence-electron chi connectivity index (χ0n) is 9.03. The number of aromatic nitrogens is 1. The predicted molar refractivity (Wildman–Crippen MR) is 68.8 cm³/mol. The molecule has 0 aliphatic carbocycles. The molecule has 1 heterocycles. The summed E-state index contributed by atoms with van der Waals surface area (Å²) in [5.74, 6) is 0. The van der Waals surface area contributed by atoms with Crippen LogP contribution in [0.15, 0.2) is 29.6 Å². The van der Waals surface area contributed by atoms with E-state index in [1.54, 1.807) is 11.3 Å². The molecule has 2 rings (SSSR count). The first kappa shape index (κ1) is 11.6. The van der Waals surface area contributed by atoms with Crippen molar-refractivity contribution < 1.29 is 0 Å². The van der Waals surface area contributed by atoms with E-state index in [4.69, 9.17) is 11.6 Å². The van der Waals surface area contributed by atoms with Crippen LogP contribution < -0.4 is 5.32 Å². The molecule has 0 aliphatic heterocycles. The molecule has 0 radical (unpaired) electrons. The Morgan fingerprint density at radius 2 is 2.12 bits per heavy atom. The van der Waals surface area contributed by atoms with Gasteiger partial charge in [-0.3, -0.25) is 0 Å². The summed E-state index contributed by atoms with van der Waals surface area (Å²) >= 11 is 7.74. The van der Waals surface area contributed by atoms with Gasteiger partial charge in [-0.1, -0.05) is 29.8 Å². The molecule has 1 aromatic carbocycles. The Kier molecular flexibility index (Phi) is 3.93. The lowest BCUT2D eigenvalue weighted by atomic mass is 10.2. The molecule has 1 aromatic heterocycles. The topological polar surface area (TPSA) is 24.9 Å². The molecule has 0 saturated carbocycles. The van der Waals surface area contributed by atoms with Crippen molar-refractivity contribution >= 4 is 22.9 Å². The molecule has 0 unspecified atom stereocenters. The average Bonchev–Trinajstić information content (AvgIpc) is 2.67. The van der Waals surface area contributed by atoms with Gasteiger partial charge in [0, 0.05) is 29.2 Å². The first-order valence-corrected chi connectivity index (χ1v) is 6.36. The van der Waals surface area contributed by atoms with Crippen LogP contribution in [0.3, 0.4) is 0 Å². The SMILES string of the molecule is Cc1csc(CNCc2ccccc2Cl)n1. The smallest absolute Gasteiger partial charge is 0.107 e. The van der Waals surface area contributed by atoms with E-state index in [1.807, 2.05) is 31.2 Å². The lowest BCUT2D eigenvalue weighted by molar-refractivity contribution is 0.689. The Morgan fingerprint density at radius 1 is 1.31 bits per heavy atom. The Labute approximate surface area is 104 Å². The molecule has 0 bridgehead atoms. The van der Waals surface area contributed by atoms with Gasteiger partial charge >= 0.3 is 0 Å². The maximum Gasteiger partial charge on any atom is 0.107 e. The van der Waals surface area contributed by atoms with Crippen LogP contribution in [-0.2, 0) is 13.1 Å². The standard InChI is InChI=1S/C12H13ClN2S/c1-9-8-16-12(15-9)7-14-6-10-4-2-3-5-11(10)13/h2-5,8,14H,6-7H2,1H3. The number of nitrogens with zero attached hydrogens (tertiary/aromatic N) is 1. The van der Waals surface area contributed by atoms with Gasteiger partial charge in [0.15, 0.2) is 0 Å². The van der Waals surface area contributed by atoms with Crippen LogP contribution >= 0.6 is 22.9 Å². The van der Waals surface area contributed by atoms with Gasteiger partial charge in [0.05, 0.1) is 0 Å². The average molecular weight is 253 g/mol. The van der Waals surface area contributed by atoms with Gasteiger partial charge in [0.25, 0.3) is 0 Å². The first-order chi connectivity index (χ1) is 7.75. The van der Waals surface area contributed by atoms with Gasteiger partial charge < -0.3 is 5.32 Å². The number of rotatable bonds is 4. The summed E-state index contributed by atoms with van der Waals surface area (Å²) in [5.41, 5.74) is 2.21. The lowest BCUT2D eigenvalue weighted by Gasteiger charge is -2.04. The van der Waals surface area contributed by atoms with Gasteiger partial charge in [-0.15, -0.1) is 11.3 Å². The van der Waals surface area contributed by atoms with Crippen LogP contribution in [0.5, 0.6) is 0 Å². The summed E-state index contributed by atoms with van der Waals surface area (Å²) in [7, 11) is 0. The normalized spacial score (nSPS) is 10.6. The van der Waals surface area contributed by atoms with Crippen molar-refractivity contribution in [2.75, 3.05) is 0 Å². The first-order valence-electron chi connectivity index (χ1n) is 5.11. The van der Waals surface area contributed by atoms with Crippen LogP contribution in [0.25, 0.3) is 0 Å². The van der Waals surface area contributed by atoms with Crippen LogP contribution in [0.1, 0.15) is 16.3 Å². The fraction of sp³-hybridized carbons (Fsp3) is 0.250. The summed E-state index contributed by atoms with van der Waals surface area (Å²) in [6.45, 7) is 3.58. The summed E-state index contributed by atoms with van der Waals surface area (Å²) < 4.78 is 0. The van der Waals surface area contributed by atoms with Crippen LogP contribution in [0, 0.1) is 6.92 Å². The quantitative estimate of drug-likeness (QED) is 0.902. The van der Waals surface area contributed by atoms with E-state index in [1.165, 1.54) is 0 Å².